The van der Waals surface area contributed by atoms with E-state index in [2.05, 4.69) is 29.2 Å². The third kappa shape index (κ3) is 7.53. The van der Waals surface area contributed by atoms with E-state index in [1.165, 1.54) is 18.4 Å². The zero-order chi connectivity index (χ0) is 34.6. The maximum Gasteiger partial charge on any atom is 0.336 e. The first-order valence-corrected chi connectivity index (χ1v) is 16.4. The quantitative estimate of drug-likeness (QED) is 0.261. The number of amides is 2. The van der Waals surface area contributed by atoms with Crippen LogP contribution in [0.25, 0.3) is 0 Å². The molecular weight excluding hydrogens is 622 g/mol. The van der Waals surface area contributed by atoms with Crippen LogP contribution in [0, 0.1) is 0 Å². The minimum atomic E-state index is -2.74. The van der Waals surface area contributed by atoms with Crippen LogP contribution in [0.1, 0.15) is 61.6 Å². The van der Waals surface area contributed by atoms with Crippen LogP contribution >= 0.6 is 0 Å². The molecule has 2 atom stereocenters. The van der Waals surface area contributed by atoms with E-state index in [-0.39, 0.29) is 11.8 Å². The summed E-state index contributed by atoms with van der Waals surface area (Å²) < 4.78 is 0. The number of para-hydroxylation sites is 1. The molecule has 3 aliphatic heterocycles. The summed E-state index contributed by atoms with van der Waals surface area (Å²) in [4.78, 5) is 63.3. The fraction of sp³-hybridized carbons (Fsp3) is 0.514. The van der Waals surface area contributed by atoms with Gasteiger partial charge in [-0.25, -0.2) is 4.79 Å². The van der Waals surface area contributed by atoms with Crippen molar-refractivity contribution in [2.45, 2.75) is 80.9 Å². The van der Waals surface area contributed by atoms with Crippen molar-refractivity contribution >= 4 is 35.4 Å². The molecule has 0 radical (unpaired) electrons. The number of carboxylic acid groups (broad SMARTS) is 3. The lowest BCUT2D eigenvalue weighted by atomic mass is 9.74. The van der Waals surface area contributed by atoms with Crippen molar-refractivity contribution in [3.05, 3.63) is 65.2 Å². The highest BCUT2D eigenvalue weighted by Crippen LogP contribution is 2.46. The number of fused-ring (bicyclic) bond motifs is 3. The van der Waals surface area contributed by atoms with Crippen LogP contribution in [0.3, 0.4) is 0 Å². The first-order chi connectivity index (χ1) is 22.8. The molecule has 6 rings (SSSR count). The molecule has 4 aliphatic rings. The molecule has 0 bridgehead atoms. The Morgan fingerprint density at radius 3 is 2.06 bits per heavy atom. The van der Waals surface area contributed by atoms with E-state index in [4.69, 9.17) is 20.4 Å². The number of carboxylic acids is 3. The molecule has 13 nitrogen and oxygen atoms in total. The van der Waals surface area contributed by atoms with Crippen molar-refractivity contribution < 1.29 is 49.5 Å². The van der Waals surface area contributed by atoms with Gasteiger partial charge in [0.25, 0.3) is 0 Å². The molecule has 2 aromatic carbocycles. The zero-order valence-electron chi connectivity index (χ0n) is 26.8. The van der Waals surface area contributed by atoms with Crippen LogP contribution in [0.4, 0.5) is 5.69 Å². The average Bonchev–Trinajstić information content (AvgIpc) is 3.75. The van der Waals surface area contributed by atoms with Crippen LogP contribution in [-0.2, 0) is 42.2 Å². The molecule has 258 valence electrons. The predicted octanol–water partition coefficient (Wildman–Crippen LogP) is 1.66. The van der Waals surface area contributed by atoms with E-state index in [9.17, 15) is 29.1 Å². The highest BCUT2D eigenvalue weighted by Gasteiger charge is 2.43. The number of β-amino-alcohol motifs (C(OH)–C–C–N with tert-alkyl or cyclic N) is 1. The Labute approximate surface area is 278 Å². The van der Waals surface area contributed by atoms with Crippen molar-refractivity contribution in [2.24, 2.45) is 0 Å². The number of nitrogens with zero attached hydrogens (tertiary/aromatic N) is 3. The normalized spacial score (nSPS) is 21.3. The van der Waals surface area contributed by atoms with Gasteiger partial charge in [0, 0.05) is 38.2 Å². The summed E-state index contributed by atoms with van der Waals surface area (Å²) in [5.74, 6) is -5.03. The Morgan fingerprint density at radius 1 is 0.833 bits per heavy atom. The first-order valence-electron chi connectivity index (χ1n) is 16.4. The minimum absolute atomic E-state index is 0.0274. The number of hydrogen-bond acceptors (Lipinski definition) is 8. The van der Waals surface area contributed by atoms with Crippen LogP contribution in [0.5, 0.6) is 0 Å². The molecule has 2 saturated heterocycles. The van der Waals surface area contributed by atoms with Crippen LogP contribution in [0.15, 0.2) is 48.5 Å². The molecule has 1 unspecified atom stereocenters. The Bertz CT molecular complexity index is 1540. The highest BCUT2D eigenvalue weighted by atomic mass is 16.4. The van der Waals surface area contributed by atoms with Gasteiger partial charge in [-0.3, -0.25) is 24.1 Å². The second-order valence-corrected chi connectivity index (χ2v) is 13.3. The van der Waals surface area contributed by atoms with Crippen molar-refractivity contribution in [1.82, 2.24) is 9.80 Å². The number of carbonyl (C=O) groups excluding carboxylic acids is 2. The molecule has 0 aromatic heterocycles. The summed E-state index contributed by atoms with van der Waals surface area (Å²) in [7, 11) is 0. The summed E-state index contributed by atoms with van der Waals surface area (Å²) in [6, 6.07) is 16.3. The van der Waals surface area contributed by atoms with Gasteiger partial charge in [-0.05, 0) is 73.4 Å². The van der Waals surface area contributed by atoms with Gasteiger partial charge in [-0.15, -0.1) is 0 Å². The molecule has 13 heteroatoms. The second-order valence-electron chi connectivity index (χ2n) is 13.3. The topological polar surface area (TPSA) is 196 Å². The number of aliphatic hydroxyl groups excluding tert-OH is 1. The number of hydrogen-bond donors (Lipinski definition) is 5. The molecule has 1 spiro atoms. The number of anilines is 1. The Morgan fingerprint density at radius 2 is 1.46 bits per heavy atom. The van der Waals surface area contributed by atoms with Gasteiger partial charge in [0.05, 0.1) is 18.9 Å². The Kier molecular flexibility index (Phi) is 10.5. The Balaban J connectivity index is 0.000000296. The molecule has 0 saturated carbocycles. The zero-order valence-corrected chi connectivity index (χ0v) is 26.8. The van der Waals surface area contributed by atoms with Crippen LogP contribution < -0.4 is 4.90 Å². The van der Waals surface area contributed by atoms with E-state index >= 15 is 0 Å². The van der Waals surface area contributed by atoms with E-state index in [0.29, 0.717) is 37.8 Å². The van der Waals surface area contributed by atoms with Gasteiger partial charge < -0.3 is 35.3 Å². The fourth-order valence-electron chi connectivity index (χ4n) is 7.62. The number of aryl methyl sites for hydroxylation is 1. The van der Waals surface area contributed by atoms with Crippen molar-refractivity contribution in [3.8, 4) is 0 Å². The smallest absolute Gasteiger partial charge is 0.336 e. The van der Waals surface area contributed by atoms with Crippen molar-refractivity contribution in [3.63, 3.8) is 0 Å². The molecule has 1 aliphatic carbocycles. The van der Waals surface area contributed by atoms with Gasteiger partial charge in [0.15, 0.2) is 5.60 Å². The third-order valence-corrected chi connectivity index (χ3v) is 10.2. The number of piperidine rings is 1. The monoisotopic (exact) mass is 665 g/mol. The van der Waals surface area contributed by atoms with E-state index in [0.717, 1.165) is 43.7 Å². The van der Waals surface area contributed by atoms with Gasteiger partial charge in [0.1, 0.15) is 6.04 Å². The minimum Gasteiger partial charge on any atom is -0.481 e. The Hall–Kier alpha value is -4.33. The number of likely N-dealkylation sites (tertiary alicyclic amines) is 2. The summed E-state index contributed by atoms with van der Waals surface area (Å²) >= 11 is 0. The lowest BCUT2D eigenvalue weighted by Crippen LogP contribution is -2.50. The molecule has 2 aromatic rings. The van der Waals surface area contributed by atoms with Crippen molar-refractivity contribution in [1.29, 1.82) is 0 Å². The average molecular weight is 666 g/mol. The summed E-state index contributed by atoms with van der Waals surface area (Å²) in [6.45, 7) is 3.71. The molecule has 5 N–H and O–H groups in total. The second kappa shape index (κ2) is 14.4. The van der Waals surface area contributed by atoms with Gasteiger partial charge in [-0.2, -0.15) is 0 Å². The molecule has 48 heavy (non-hydrogen) atoms. The van der Waals surface area contributed by atoms with Crippen LogP contribution in [-0.4, -0.2) is 116 Å². The SMILES string of the molecule is O=C(O)CC(O)(CC(=O)O)C(=O)O.O=C([C@@H]1Cc2ccccc2N1C(=O)CCN1CCC2(CCc3ccccc32)CC1)N1CCC(O)C1. The maximum atomic E-state index is 13.5. The lowest BCUT2D eigenvalue weighted by Gasteiger charge is -2.40. The largest absolute Gasteiger partial charge is 0.481 e. The lowest BCUT2D eigenvalue weighted by molar-refractivity contribution is -0.170. The third-order valence-electron chi connectivity index (χ3n) is 10.2. The van der Waals surface area contributed by atoms with Crippen LogP contribution in [0.2, 0.25) is 0 Å². The summed E-state index contributed by atoms with van der Waals surface area (Å²) in [5, 5.41) is 43.7. The molecule has 2 amide bonds. The molecule has 3 heterocycles. The number of benzene rings is 2. The summed E-state index contributed by atoms with van der Waals surface area (Å²) in [5.41, 5.74) is 2.58. The number of aliphatic hydroxyl groups is 2. The highest BCUT2D eigenvalue weighted by molar-refractivity contribution is 6.03. The molecular formula is C35H43N3O10. The molecule has 2 fully saturated rings. The van der Waals surface area contributed by atoms with Gasteiger partial charge in [-0.1, -0.05) is 42.5 Å². The maximum absolute atomic E-state index is 13.5. The standard InChI is InChI=1S/C29H35N3O3.C6H8O7/c33-23-10-16-31(20-23)28(35)26-19-22-6-2-4-8-25(22)32(26)27(34)11-15-30-17-13-29(14-18-30)12-9-21-5-1-3-7-24(21)29;7-3(8)1-6(13,5(11)12)2-4(9)10/h1-8,23,26,33H,9-20H2;13H,1-2H2,(H,7,8)(H,9,10)(H,11,12)/t23?,26-;/m0./s1. The fourth-order valence-corrected chi connectivity index (χ4v) is 7.62. The van der Waals surface area contributed by atoms with Gasteiger partial charge in [0.2, 0.25) is 11.8 Å². The van der Waals surface area contributed by atoms with Gasteiger partial charge >= 0.3 is 17.9 Å². The van der Waals surface area contributed by atoms with E-state index in [1.54, 1.807) is 15.4 Å². The van der Waals surface area contributed by atoms with Crippen molar-refractivity contribution in [2.75, 3.05) is 37.6 Å². The predicted molar refractivity (Wildman–Crippen MR) is 172 cm³/mol. The first kappa shape index (κ1) is 35.0. The summed E-state index contributed by atoms with van der Waals surface area (Å²) in [6.07, 6.45) is 3.59. The number of carbonyl (C=O) groups is 5. The van der Waals surface area contributed by atoms with E-state index in [1.807, 2.05) is 24.3 Å². The van der Waals surface area contributed by atoms with E-state index < -0.39 is 48.5 Å². The number of aliphatic carboxylic acids is 3. The number of rotatable bonds is 9.